The Morgan fingerprint density at radius 1 is 1.32 bits per heavy atom. The van der Waals surface area contributed by atoms with Crippen molar-refractivity contribution in [1.82, 2.24) is 9.55 Å². The van der Waals surface area contributed by atoms with E-state index < -0.39 is 17.3 Å². The summed E-state index contributed by atoms with van der Waals surface area (Å²) >= 11 is 2.85. The molecule has 100 valence electrons. The van der Waals surface area contributed by atoms with Crippen molar-refractivity contribution in [2.75, 3.05) is 0 Å². The average Bonchev–Trinajstić information content (AvgIpc) is 2.34. The Labute approximate surface area is 114 Å². The molecule has 0 bridgehead atoms. The highest BCUT2D eigenvalue weighted by Crippen LogP contribution is 2.29. The summed E-state index contributed by atoms with van der Waals surface area (Å²) in [6.07, 6.45) is -2.19. The quantitative estimate of drug-likeness (QED) is 0.847. The molecule has 0 N–H and O–H groups in total. The second-order valence-electron chi connectivity index (χ2n) is 3.83. The number of rotatable bonds is 2. The van der Waals surface area contributed by atoms with Gasteiger partial charge in [-0.05, 0) is 34.1 Å². The van der Waals surface area contributed by atoms with Crippen molar-refractivity contribution in [2.45, 2.75) is 12.7 Å². The van der Waals surface area contributed by atoms with E-state index in [4.69, 9.17) is 0 Å². The van der Waals surface area contributed by atoms with Gasteiger partial charge in [0, 0.05) is 12.4 Å². The highest BCUT2D eigenvalue weighted by Gasteiger charge is 2.32. The van der Waals surface area contributed by atoms with Gasteiger partial charge in [0.15, 0.2) is 0 Å². The van der Waals surface area contributed by atoms with Gasteiger partial charge in [0.2, 0.25) is 0 Å². The summed E-state index contributed by atoms with van der Waals surface area (Å²) in [7, 11) is 0. The lowest BCUT2D eigenvalue weighted by atomic mass is 10.2. The Hall–Kier alpha value is -1.63. The van der Waals surface area contributed by atoms with Crippen molar-refractivity contribution >= 4 is 15.9 Å². The summed E-state index contributed by atoms with van der Waals surface area (Å²) in [5.41, 5.74) is -0.899. The van der Waals surface area contributed by atoms with E-state index in [1.807, 2.05) is 0 Å². The van der Waals surface area contributed by atoms with E-state index in [0.29, 0.717) is 5.69 Å². The van der Waals surface area contributed by atoms with Crippen LogP contribution in [0.4, 0.5) is 13.2 Å². The SMILES string of the molecule is O=c1c(Br)cc(C(F)(F)F)cn1Cc1ccccn1. The van der Waals surface area contributed by atoms with Gasteiger partial charge >= 0.3 is 6.18 Å². The van der Waals surface area contributed by atoms with E-state index in [2.05, 4.69) is 20.9 Å². The molecule has 0 aliphatic heterocycles. The van der Waals surface area contributed by atoms with Crippen LogP contribution in [0.1, 0.15) is 11.3 Å². The lowest BCUT2D eigenvalue weighted by Crippen LogP contribution is -2.23. The average molecular weight is 333 g/mol. The number of hydrogen-bond acceptors (Lipinski definition) is 2. The topological polar surface area (TPSA) is 34.9 Å². The smallest absolute Gasteiger partial charge is 0.308 e. The largest absolute Gasteiger partial charge is 0.417 e. The molecule has 0 fully saturated rings. The van der Waals surface area contributed by atoms with Gasteiger partial charge in [0.1, 0.15) is 0 Å². The van der Waals surface area contributed by atoms with Gasteiger partial charge in [-0.25, -0.2) is 0 Å². The molecule has 2 heterocycles. The van der Waals surface area contributed by atoms with Crippen molar-refractivity contribution < 1.29 is 13.2 Å². The highest BCUT2D eigenvalue weighted by molar-refractivity contribution is 9.10. The van der Waals surface area contributed by atoms with E-state index in [1.54, 1.807) is 18.2 Å². The molecule has 0 saturated carbocycles. The molecule has 0 radical (unpaired) electrons. The van der Waals surface area contributed by atoms with Gasteiger partial charge in [0.05, 0.1) is 22.3 Å². The zero-order chi connectivity index (χ0) is 14.0. The molecule has 2 aromatic rings. The van der Waals surface area contributed by atoms with Gasteiger partial charge in [-0.15, -0.1) is 0 Å². The van der Waals surface area contributed by atoms with E-state index in [-0.39, 0.29) is 11.0 Å². The van der Waals surface area contributed by atoms with Gasteiger partial charge in [-0.2, -0.15) is 13.2 Å². The Morgan fingerprint density at radius 2 is 2.05 bits per heavy atom. The van der Waals surface area contributed by atoms with Crippen molar-refractivity contribution in [3.05, 3.63) is 62.7 Å². The summed E-state index contributed by atoms with van der Waals surface area (Å²) in [4.78, 5) is 15.8. The number of pyridine rings is 2. The maximum Gasteiger partial charge on any atom is 0.417 e. The van der Waals surface area contributed by atoms with Crippen molar-refractivity contribution in [1.29, 1.82) is 0 Å². The van der Waals surface area contributed by atoms with E-state index in [9.17, 15) is 18.0 Å². The first-order valence-corrected chi connectivity index (χ1v) is 6.04. The Morgan fingerprint density at radius 3 is 2.63 bits per heavy atom. The predicted molar refractivity (Wildman–Crippen MR) is 66.7 cm³/mol. The fourth-order valence-corrected chi connectivity index (χ4v) is 2.01. The summed E-state index contributed by atoms with van der Waals surface area (Å²) < 4.78 is 38.9. The van der Waals surface area contributed by atoms with Gasteiger partial charge in [-0.3, -0.25) is 9.78 Å². The number of aromatic nitrogens is 2. The molecule has 0 atom stereocenters. The molecule has 0 spiro atoms. The van der Waals surface area contributed by atoms with Gasteiger partial charge in [0.25, 0.3) is 5.56 Å². The molecule has 2 aromatic heterocycles. The number of alkyl halides is 3. The maximum absolute atomic E-state index is 12.7. The fourth-order valence-electron chi connectivity index (χ4n) is 1.54. The minimum atomic E-state index is -4.50. The van der Waals surface area contributed by atoms with Gasteiger partial charge in [-0.1, -0.05) is 6.07 Å². The predicted octanol–water partition coefficient (Wildman–Crippen LogP) is 3.07. The second kappa shape index (κ2) is 5.16. The zero-order valence-corrected chi connectivity index (χ0v) is 11.1. The lowest BCUT2D eigenvalue weighted by Gasteiger charge is -2.11. The summed E-state index contributed by atoms with van der Waals surface area (Å²) in [5, 5.41) is 0. The third kappa shape index (κ3) is 3.23. The van der Waals surface area contributed by atoms with Crippen molar-refractivity contribution in [3.63, 3.8) is 0 Å². The monoisotopic (exact) mass is 332 g/mol. The summed E-state index contributed by atoms with van der Waals surface area (Å²) in [6.45, 7) is -0.0117. The number of hydrogen-bond donors (Lipinski definition) is 0. The molecule has 0 unspecified atom stereocenters. The minimum absolute atomic E-state index is 0.0117. The van der Waals surface area contributed by atoms with Crippen LogP contribution in [-0.4, -0.2) is 9.55 Å². The molecule has 7 heteroatoms. The van der Waals surface area contributed by atoms with E-state index >= 15 is 0 Å². The number of halogens is 4. The van der Waals surface area contributed by atoms with Crippen LogP contribution in [0.3, 0.4) is 0 Å². The molecule has 0 amide bonds. The zero-order valence-electron chi connectivity index (χ0n) is 9.49. The molecule has 0 aliphatic rings. The molecule has 2 rings (SSSR count). The highest BCUT2D eigenvalue weighted by atomic mass is 79.9. The minimum Gasteiger partial charge on any atom is -0.308 e. The van der Waals surface area contributed by atoms with E-state index in [0.717, 1.165) is 16.8 Å². The lowest BCUT2D eigenvalue weighted by molar-refractivity contribution is -0.138. The molecule has 19 heavy (non-hydrogen) atoms. The van der Waals surface area contributed by atoms with Crippen LogP contribution in [0.15, 0.2) is 45.9 Å². The van der Waals surface area contributed by atoms with Crippen LogP contribution in [-0.2, 0) is 12.7 Å². The van der Waals surface area contributed by atoms with Crippen LogP contribution in [0.2, 0.25) is 0 Å². The first-order chi connectivity index (χ1) is 8.88. The maximum atomic E-state index is 12.7. The second-order valence-corrected chi connectivity index (χ2v) is 4.68. The van der Waals surface area contributed by atoms with Crippen LogP contribution in [0, 0.1) is 0 Å². The summed E-state index contributed by atoms with van der Waals surface area (Å²) in [5.74, 6) is 0. The van der Waals surface area contributed by atoms with Crippen LogP contribution < -0.4 is 5.56 Å². The summed E-state index contributed by atoms with van der Waals surface area (Å²) in [6, 6.07) is 5.81. The normalized spacial score (nSPS) is 11.6. The molecular weight excluding hydrogens is 325 g/mol. The molecule has 0 aromatic carbocycles. The van der Waals surface area contributed by atoms with Gasteiger partial charge < -0.3 is 4.57 Å². The Balaban J connectivity index is 2.46. The van der Waals surface area contributed by atoms with Crippen LogP contribution in [0.5, 0.6) is 0 Å². The Bertz CT molecular complexity index is 638. The molecule has 0 saturated heterocycles. The molecular formula is C12H8BrF3N2O. The Kier molecular flexibility index (Phi) is 3.75. The van der Waals surface area contributed by atoms with Crippen LogP contribution in [0.25, 0.3) is 0 Å². The fraction of sp³-hybridized carbons (Fsp3) is 0.167. The molecule has 0 aliphatic carbocycles. The first-order valence-electron chi connectivity index (χ1n) is 5.25. The van der Waals surface area contributed by atoms with Crippen molar-refractivity contribution in [3.8, 4) is 0 Å². The third-order valence-electron chi connectivity index (χ3n) is 2.43. The first kappa shape index (κ1) is 13.8. The van der Waals surface area contributed by atoms with E-state index in [1.165, 1.54) is 6.20 Å². The van der Waals surface area contributed by atoms with Crippen molar-refractivity contribution in [2.24, 2.45) is 0 Å². The molecule has 3 nitrogen and oxygen atoms in total. The standard InChI is InChI=1S/C12H8BrF3N2O/c13-10-5-8(12(14,15)16)6-18(11(10)19)7-9-3-1-2-4-17-9/h1-6H,7H2. The number of nitrogens with zero attached hydrogens (tertiary/aromatic N) is 2. The van der Waals surface area contributed by atoms with Crippen LogP contribution >= 0.6 is 15.9 Å². The third-order valence-corrected chi connectivity index (χ3v) is 3.00.